The van der Waals surface area contributed by atoms with Gasteiger partial charge in [0.2, 0.25) is 0 Å². The number of aromatic hydroxyl groups is 1. The molecule has 1 atom stereocenters. The second-order valence-electron chi connectivity index (χ2n) is 3.78. The summed E-state index contributed by atoms with van der Waals surface area (Å²) in [5.74, 6) is -1.32. The Morgan fingerprint density at radius 3 is 2.81 bits per heavy atom. The topological polar surface area (TPSA) is 70.0 Å². The molecule has 0 aliphatic heterocycles. The highest BCUT2D eigenvalue weighted by molar-refractivity contribution is 5.44. The third-order valence-corrected chi connectivity index (χ3v) is 2.19. The Balaban J connectivity index is 3.17. The Hall–Kier alpha value is -1.86. The quantitative estimate of drug-likeness (QED) is 0.768. The van der Waals surface area contributed by atoms with Crippen LogP contribution in [0.25, 0.3) is 0 Å². The standard InChI is InChI=1S/C12H13FN2O/c1-7(2)3-11(15)9-4-8(6-14)5-10(13)12(9)16/h4-5,11,16H,1,3,15H2,2H3/t11-/m1/s1. The molecule has 0 amide bonds. The lowest BCUT2D eigenvalue weighted by Crippen LogP contribution is -2.11. The number of benzene rings is 1. The van der Waals surface area contributed by atoms with Crippen molar-refractivity contribution >= 4 is 0 Å². The van der Waals surface area contributed by atoms with Crippen molar-refractivity contribution in [2.24, 2.45) is 5.73 Å². The summed E-state index contributed by atoms with van der Waals surface area (Å²) in [6.45, 7) is 5.49. The van der Waals surface area contributed by atoms with Gasteiger partial charge in [0.1, 0.15) is 0 Å². The second kappa shape index (κ2) is 4.77. The molecule has 0 unspecified atom stereocenters. The molecule has 0 aliphatic carbocycles. The van der Waals surface area contributed by atoms with E-state index in [4.69, 9.17) is 11.0 Å². The Bertz CT molecular complexity index is 463. The molecular formula is C12H13FN2O. The Labute approximate surface area is 93.6 Å². The fourth-order valence-electron chi connectivity index (χ4n) is 1.45. The van der Waals surface area contributed by atoms with Crippen molar-refractivity contribution in [3.8, 4) is 11.8 Å². The summed E-state index contributed by atoms with van der Waals surface area (Å²) >= 11 is 0. The van der Waals surface area contributed by atoms with E-state index in [9.17, 15) is 9.50 Å². The number of nitrogens with zero attached hydrogens (tertiary/aromatic N) is 1. The van der Waals surface area contributed by atoms with Gasteiger partial charge in [-0.15, -0.1) is 6.58 Å². The van der Waals surface area contributed by atoms with Gasteiger partial charge in [-0.3, -0.25) is 0 Å². The number of hydrogen-bond donors (Lipinski definition) is 2. The molecule has 0 heterocycles. The van der Waals surface area contributed by atoms with E-state index in [0.717, 1.165) is 11.6 Å². The number of nitrogens with two attached hydrogens (primary N) is 1. The minimum Gasteiger partial charge on any atom is -0.505 e. The van der Waals surface area contributed by atoms with Crippen molar-refractivity contribution in [1.29, 1.82) is 5.26 Å². The first-order valence-corrected chi connectivity index (χ1v) is 4.78. The highest BCUT2D eigenvalue weighted by atomic mass is 19.1. The van der Waals surface area contributed by atoms with Gasteiger partial charge < -0.3 is 10.8 Å². The zero-order valence-corrected chi connectivity index (χ0v) is 9.00. The van der Waals surface area contributed by atoms with Gasteiger partial charge >= 0.3 is 0 Å². The van der Waals surface area contributed by atoms with Gasteiger partial charge in [0.15, 0.2) is 11.6 Å². The van der Waals surface area contributed by atoms with Crippen LogP contribution >= 0.6 is 0 Å². The van der Waals surface area contributed by atoms with Gasteiger partial charge in [0.05, 0.1) is 11.6 Å². The van der Waals surface area contributed by atoms with Crippen molar-refractivity contribution in [2.75, 3.05) is 0 Å². The number of halogens is 1. The maximum Gasteiger partial charge on any atom is 0.166 e. The fraction of sp³-hybridized carbons (Fsp3) is 0.250. The van der Waals surface area contributed by atoms with Crippen LogP contribution in [0.4, 0.5) is 4.39 Å². The number of nitriles is 1. The lowest BCUT2D eigenvalue weighted by atomic mass is 9.98. The van der Waals surface area contributed by atoms with Crippen LogP contribution in [0.2, 0.25) is 0 Å². The predicted octanol–water partition coefficient (Wildman–Crippen LogP) is 2.37. The summed E-state index contributed by atoms with van der Waals surface area (Å²) in [5, 5.41) is 18.2. The van der Waals surface area contributed by atoms with Crippen LogP contribution in [0.3, 0.4) is 0 Å². The molecule has 0 aliphatic rings. The Kier molecular flexibility index (Phi) is 3.64. The molecule has 16 heavy (non-hydrogen) atoms. The molecular weight excluding hydrogens is 207 g/mol. The minimum atomic E-state index is -0.828. The predicted molar refractivity (Wildman–Crippen MR) is 59.1 cm³/mol. The lowest BCUT2D eigenvalue weighted by molar-refractivity contribution is 0.420. The molecule has 0 fully saturated rings. The van der Waals surface area contributed by atoms with E-state index in [1.807, 2.05) is 6.07 Å². The largest absolute Gasteiger partial charge is 0.505 e. The van der Waals surface area contributed by atoms with Gasteiger partial charge in [-0.25, -0.2) is 4.39 Å². The average Bonchev–Trinajstić information content (AvgIpc) is 2.20. The molecule has 4 heteroatoms. The van der Waals surface area contributed by atoms with Crippen LogP contribution in [-0.2, 0) is 0 Å². The van der Waals surface area contributed by atoms with Crippen LogP contribution in [-0.4, -0.2) is 5.11 Å². The SMILES string of the molecule is C=C(C)C[C@@H](N)c1cc(C#N)cc(F)c1O. The Morgan fingerprint density at radius 1 is 1.69 bits per heavy atom. The molecule has 1 aromatic rings. The maximum absolute atomic E-state index is 13.2. The maximum atomic E-state index is 13.2. The minimum absolute atomic E-state index is 0.141. The first kappa shape index (κ1) is 12.2. The van der Waals surface area contributed by atoms with Gasteiger partial charge in [-0.2, -0.15) is 5.26 Å². The summed E-state index contributed by atoms with van der Waals surface area (Å²) in [6.07, 6.45) is 0.432. The monoisotopic (exact) mass is 220 g/mol. The van der Waals surface area contributed by atoms with Crippen molar-refractivity contribution in [3.05, 3.63) is 41.2 Å². The normalized spacial score (nSPS) is 11.9. The molecule has 0 saturated heterocycles. The van der Waals surface area contributed by atoms with E-state index >= 15 is 0 Å². The second-order valence-corrected chi connectivity index (χ2v) is 3.78. The molecule has 0 radical (unpaired) electrons. The number of rotatable bonds is 3. The van der Waals surface area contributed by atoms with E-state index in [2.05, 4.69) is 6.58 Å². The number of phenolic OH excluding ortho intramolecular Hbond substituents is 1. The van der Waals surface area contributed by atoms with Gasteiger partial charge in [-0.1, -0.05) is 5.57 Å². The van der Waals surface area contributed by atoms with Gasteiger partial charge in [0.25, 0.3) is 0 Å². The van der Waals surface area contributed by atoms with Gasteiger partial charge in [0, 0.05) is 11.6 Å². The van der Waals surface area contributed by atoms with Crippen LogP contribution < -0.4 is 5.73 Å². The first-order chi connectivity index (χ1) is 7.45. The highest BCUT2D eigenvalue weighted by Gasteiger charge is 2.16. The zero-order chi connectivity index (χ0) is 12.3. The molecule has 0 spiro atoms. The number of hydrogen-bond acceptors (Lipinski definition) is 3. The van der Waals surface area contributed by atoms with Crippen molar-refractivity contribution < 1.29 is 9.50 Å². The summed E-state index contributed by atoms with van der Waals surface area (Å²) in [6, 6.07) is 3.63. The van der Waals surface area contributed by atoms with Crippen LogP contribution in [0.1, 0.15) is 30.5 Å². The average molecular weight is 220 g/mol. The van der Waals surface area contributed by atoms with Crippen LogP contribution in [0.5, 0.6) is 5.75 Å². The summed E-state index contributed by atoms with van der Waals surface area (Å²) in [5.41, 5.74) is 7.00. The summed E-state index contributed by atoms with van der Waals surface area (Å²) in [7, 11) is 0. The smallest absolute Gasteiger partial charge is 0.166 e. The van der Waals surface area contributed by atoms with E-state index in [1.54, 1.807) is 6.92 Å². The van der Waals surface area contributed by atoms with E-state index in [1.165, 1.54) is 6.07 Å². The number of phenols is 1. The van der Waals surface area contributed by atoms with Crippen molar-refractivity contribution in [3.63, 3.8) is 0 Å². The van der Waals surface area contributed by atoms with Gasteiger partial charge in [-0.05, 0) is 25.5 Å². The Morgan fingerprint density at radius 2 is 2.31 bits per heavy atom. The van der Waals surface area contributed by atoms with Crippen molar-refractivity contribution in [1.82, 2.24) is 0 Å². The van der Waals surface area contributed by atoms with Crippen molar-refractivity contribution in [2.45, 2.75) is 19.4 Å². The van der Waals surface area contributed by atoms with Crippen LogP contribution in [0, 0.1) is 17.1 Å². The molecule has 0 aromatic heterocycles. The summed E-state index contributed by atoms with van der Waals surface area (Å²) < 4.78 is 13.2. The van der Waals surface area contributed by atoms with E-state index in [0.29, 0.717) is 6.42 Å². The third-order valence-electron chi connectivity index (χ3n) is 2.19. The molecule has 0 bridgehead atoms. The first-order valence-electron chi connectivity index (χ1n) is 4.78. The molecule has 1 aromatic carbocycles. The van der Waals surface area contributed by atoms with E-state index < -0.39 is 17.6 Å². The molecule has 0 saturated carbocycles. The summed E-state index contributed by atoms with van der Waals surface area (Å²) in [4.78, 5) is 0. The molecule has 1 rings (SSSR count). The van der Waals surface area contributed by atoms with E-state index in [-0.39, 0.29) is 11.1 Å². The molecule has 3 N–H and O–H groups in total. The fourth-order valence-corrected chi connectivity index (χ4v) is 1.45. The van der Waals surface area contributed by atoms with Crippen LogP contribution in [0.15, 0.2) is 24.3 Å². The molecule has 84 valence electrons. The lowest BCUT2D eigenvalue weighted by Gasteiger charge is -2.14. The zero-order valence-electron chi connectivity index (χ0n) is 9.00. The third kappa shape index (κ3) is 2.59. The molecule has 3 nitrogen and oxygen atoms in total. The highest BCUT2D eigenvalue weighted by Crippen LogP contribution is 2.30.